The van der Waals surface area contributed by atoms with Crippen LogP contribution in [0.2, 0.25) is 0 Å². The average Bonchev–Trinajstić information content (AvgIpc) is 2.86. The van der Waals surface area contributed by atoms with Gasteiger partial charge in [-0.1, -0.05) is 0 Å². The summed E-state index contributed by atoms with van der Waals surface area (Å²) in [5.41, 5.74) is 0.283. The van der Waals surface area contributed by atoms with Crippen LogP contribution in [-0.4, -0.2) is 54.2 Å². The van der Waals surface area contributed by atoms with Crippen LogP contribution in [0.25, 0.3) is 0 Å². The topological polar surface area (TPSA) is 91.8 Å². The molecule has 1 aliphatic rings. The first-order valence-corrected chi connectivity index (χ1v) is 8.77. The molecule has 1 saturated heterocycles. The van der Waals surface area contributed by atoms with E-state index < -0.39 is 27.8 Å². The second kappa shape index (κ2) is 5.45. The third kappa shape index (κ3) is 2.96. The number of nitrogens with zero attached hydrogens (tertiary/aromatic N) is 1. The number of amides is 1. The Labute approximate surface area is 120 Å². The second-order valence-corrected chi connectivity index (χ2v) is 7.44. The fraction of sp³-hybridized carbons (Fsp3) is 0.333. The van der Waals surface area contributed by atoms with Crippen LogP contribution < -0.4 is 0 Å². The third-order valence-electron chi connectivity index (χ3n) is 2.96. The molecular weight excluding hydrogens is 302 g/mol. The van der Waals surface area contributed by atoms with Gasteiger partial charge in [-0.25, -0.2) is 13.2 Å². The predicted octanol–water partition coefficient (Wildman–Crippen LogP) is 0.690. The van der Waals surface area contributed by atoms with Crippen molar-refractivity contribution in [1.29, 1.82) is 0 Å². The first-order valence-electron chi connectivity index (χ1n) is 5.72. The van der Waals surface area contributed by atoms with Crippen LogP contribution in [0.5, 0.6) is 0 Å². The Hall–Kier alpha value is -1.54. The van der Waals surface area contributed by atoms with Crippen molar-refractivity contribution in [2.75, 3.05) is 17.9 Å². The van der Waals surface area contributed by atoms with Gasteiger partial charge < -0.3 is 10.0 Å². The summed E-state index contributed by atoms with van der Waals surface area (Å²) in [6, 6.07) is 4.67. The number of rotatable bonds is 3. The highest BCUT2D eigenvalue weighted by atomic mass is 32.2. The van der Waals surface area contributed by atoms with E-state index in [1.807, 2.05) is 0 Å². The highest BCUT2D eigenvalue weighted by Crippen LogP contribution is 2.23. The molecule has 1 aliphatic heterocycles. The molecule has 108 valence electrons. The molecule has 1 atom stereocenters. The summed E-state index contributed by atoms with van der Waals surface area (Å²) in [6.45, 7) is 0. The zero-order valence-electron chi connectivity index (χ0n) is 10.6. The number of carbonyl (C=O) groups is 2. The maximum Gasteiger partial charge on any atom is 0.327 e. The zero-order valence-corrected chi connectivity index (χ0v) is 12.3. The molecule has 0 aliphatic carbocycles. The Balaban J connectivity index is 2.24. The molecule has 1 N–H and O–H groups in total. The van der Waals surface area contributed by atoms with E-state index in [9.17, 15) is 18.0 Å². The summed E-state index contributed by atoms with van der Waals surface area (Å²) in [7, 11) is -3.31. The van der Waals surface area contributed by atoms with Gasteiger partial charge in [-0.2, -0.15) is 0 Å². The molecule has 1 amide bonds. The molecular formula is C12H13NO5S2. The van der Waals surface area contributed by atoms with E-state index in [2.05, 4.69) is 0 Å². The van der Waals surface area contributed by atoms with Crippen molar-refractivity contribution in [3.8, 4) is 0 Å². The molecule has 1 aromatic carbocycles. The first kappa shape index (κ1) is 14.9. The Kier molecular flexibility index (Phi) is 4.05. The van der Waals surface area contributed by atoms with Gasteiger partial charge in [0, 0.05) is 17.6 Å². The molecule has 0 radical (unpaired) electrons. The lowest BCUT2D eigenvalue weighted by Crippen LogP contribution is -2.41. The van der Waals surface area contributed by atoms with Crippen molar-refractivity contribution in [3.05, 3.63) is 29.8 Å². The molecule has 0 aromatic heterocycles. The highest BCUT2D eigenvalue weighted by molar-refractivity contribution is 7.99. The highest BCUT2D eigenvalue weighted by Gasteiger charge is 2.34. The normalized spacial score (nSPS) is 19.1. The molecule has 0 bridgehead atoms. The fourth-order valence-electron chi connectivity index (χ4n) is 1.86. The molecule has 0 saturated carbocycles. The van der Waals surface area contributed by atoms with Gasteiger partial charge in [0.1, 0.15) is 6.04 Å². The summed E-state index contributed by atoms with van der Waals surface area (Å²) in [5, 5.41) is 9.04. The lowest BCUT2D eigenvalue weighted by Gasteiger charge is -2.20. The van der Waals surface area contributed by atoms with Gasteiger partial charge in [0.2, 0.25) is 0 Å². The minimum Gasteiger partial charge on any atom is -0.480 e. The summed E-state index contributed by atoms with van der Waals surface area (Å²) in [4.78, 5) is 24.7. The fourth-order valence-corrected chi connectivity index (χ4v) is 3.63. The Morgan fingerprint density at radius 2 is 1.90 bits per heavy atom. The summed E-state index contributed by atoms with van der Waals surface area (Å²) >= 11 is 1.38. The van der Waals surface area contributed by atoms with E-state index in [0.29, 0.717) is 11.6 Å². The largest absolute Gasteiger partial charge is 0.480 e. The molecule has 0 spiro atoms. The minimum absolute atomic E-state index is 0.125. The van der Waals surface area contributed by atoms with Crippen molar-refractivity contribution in [2.45, 2.75) is 10.9 Å². The van der Waals surface area contributed by atoms with Crippen molar-refractivity contribution >= 4 is 33.5 Å². The van der Waals surface area contributed by atoms with E-state index in [-0.39, 0.29) is 10.5 Å². The average molecular weight is 315 g/mol. The second-order valence-electron chi connectivity index (χ2n) is 4.43. The first-order chi connectivity index (χ1) is 9.30. The molecule has 8 heteroatoms. The van der Waals surface area contributed by atoms with E-state index in [0.717, 1.165) is 6.26 Å². The van der Waals surface area contributed by atoms with Gasteiger partial charge in [0.05, 0.1) is 10.8 Å². The van der Waals surface area contributed by atoms with Crippen LogP contribution in [-0.2, 0) is 14.6 Å². The minimum atomic E-state index is -3.31. The van der Waals surface area contributed by atoms with Crippen LogP contribution in [0.3, 0.4) is 0 Å². The number of aliphatic carboxylic acids is 1. The summed E-state index contributed by atoms with van der Waals surface area (Å²) < 4.78 is 22.7. The van der Waals surface area contributed by atoms with Gasteiger partial charge in [-0.05, 0) is 24.3 Å². The maximum absolute atomic E-state index is 12.2. The third-order valence-corrected chi connectivity index (χ3v) is 5.10. The number of benzene rings is 1. The molecule has 6 nitrogen and oxygen atoms in total. The quantitative estimate of drug-likeness (QED) is 0.882. The van der Waals surface area contributed by atoms with Crippen LogP contribution >= 0.6 is 11.8 Å². The van der Waals surface area contributed by atoms with E-state index in [4.69, 9.17) is 5.11 Å². The Bertz CT molecular complexity index is 638. The van der Waals surface area contributed by atoms with Crippen LogP contribution in [0, 0.1) is 0 Å². The van der Waals surface area contributed by atoms with Crippen molar-refractivity contribution < 1.29 is 23.1 Å². The monoisotopic (exact) mass is 315 g/mol. The van der Waals surface area contributed by atoms with E-state index >= 15 is 0 Å². The molecule has 1 heterocycles. The van der Waals surface area contributed by atoms with Crippen molar-refractivity contribution in [2.24, 2.45) is 0 Å². The number of carbonyl (C=O) groups excluding carboxylic acids is 1. The van der Waals surface area contributed by atoms with Crippen molar-refractivity contribution in [1.82, 2.24) is 4.90 Å². The number of thioether (sulfide) groups is 1. The van der Waals surface area contributed by atoms with Gasteiger partial charge in [0.25, 0.3) is 5.91 Å². The summed E-state index contributed by atoms with van der Waals surface area (Å²) in [5.74, 6) is -0.745. The van der Waals surface area contributed by atoms with Crippen LogP contribution in [0.4, 0.5) is 0 Å². The predicted molar refractivity (Wildman–Crippen MR) is 74.5 cm³/mol. The standard InChI is InChI=1S/C12H13NO5S2/c1-20(17,18)9-4-2-8(3-5-9)11(14)13-7-19-6-10(13)12(15)16/h2-5,10H,6-7H2,1H3,(H,15,16). The Morgan fingerprint density at radius 1 is 1.30 bits per heavy atom. The lowest BCUT2D eigenvalue weighted by atomic mass is 10.2. The van der Waals surface area contributed by atoms with E-state index in [1.54, 1.807) is 0 Å². The molecule has 1 unspecified atom stereocenters. The smallest absolute Gasteiger partial charge is 0.327 e. The van der Waals surface area contributed by atoms with Gasteiger partial charge >= 0.3 is 5.97 Å². The zero-order chi connectivity index (χ0) is 14.9. The van der Waals surface area contributed by atoms with Gasteiger partial charge in [-0.3, -0.25) is 4.79 Å². The molecule has 20 heavy (non-hydrogen) atoms. The number of carboxylic acid groups (broad SMARTS) is 1. The van der Waals surface area contributed by atoms with Gasteiger partial charge in [0.15, 0.2) is 9.84 Å². The van der Waals surface area contributed by atoms with E-state index in [1.165, 1.54) is 40.9 Å². The Morgan fingerprint density at radius 3 is 2.40 bits per heavy atom. The number of sulfone groups is 1. The summed E-state index contributed by atoms with van der Waals surface area (Å²) in [6.07, 6.45) is 1.08. The molecule has 2 rings (SSSR count). The number of hydrogen-bond donors (Lipinski definition) is 1. The lowest BCUT2D eigenvalue weighted by molar-refractivity contribution is -0.140. The van der Waals surface area contributed by atoms with Gasteiger partial charge in [-0.15, -0.1) is 11.8 Å². The molecule has 1 aromatic rings. The number of carboxylic acids is 1. The number of hydrogen-bond acceptors (Lipinski definition) is 5. The SMILES string of the molecule is CS(=O)(=O)c1ccc(C(=O)N2CSCC2C(=O)O)cc1. The molecule has 1 fully saturated rings. The maximum atomic E-state index is 12.2. The van der Waals surface area contributed by atoms with Crippen molar-refractivity contribution in [3.63, 3.8) is 0 Å². The van der Waals surface area contributed by atoms with Crippen LogP contribution in [0.15, 0.2) is 29.2 Å². The van der Waals surface area contributed by atoms with Crippen LogP contribution in [0.1, 0.15) is 10.4 Å².